The number of rotatable bonds is 5. The van der Waals surface area contributed by atoms with Crippen LogP contribution in [0.25, 0.3) is 22.2 Å². The Morgan fingerprint density at radius 1 is 0.957 bits per heavy atom. The lowest BCUT2D eigenvalue weighted by atomic mass is 9.82. The number of aromatic nitrogens is 2. The Kier molecular flexibility index (Phi) is 7.76. The zero-order valence-corrected chi connectivity index (χ0v) is 27.4. The number of hydrogen-bond acceptors (Lipinski definition) is 5. The van der Waals surface area contributed by atoms with Crippen molar-refractivity contribution in [3.63, 3.8) is 0 Å². The molecule has 8 rings (SSSR count). The molecule has 0 saturated carbocycles. The van der Waals surface area contributed by atoms with Gasteiger partial charge in [0.05, 0.1) is 17.4 Å². The maximum absolute atomic E-state index is 14.6. The first-order chi connectivity index (χ1) is 23.0. The normalized spacial score (nSPS) is 19.1. The molecule has 5 heterocycles. The van der Waals surface area contributed by atoms with Crippen LogP contribution >= 0.6 is 23.2 Å². The zero-order valence-electron chi connectivity index (χ0n) is 25.9. The van der Waals surface area contributed by atoms with E-state index < -0.39 is 0 Å². The number of nitrogens with one attached hydrogen (secondary N) is 3. The van der Waals surface area contributed by atoms with Crippen molar-refractivity contribution in [1.29, 1.82) is 0 Å². The molecule has 236 valence electrons. The lowest BCUT2D eigenvalue weighted by Gasteiger charge is -2.39. The maximum Gasteiger partial charge on any atom is 0.272 e. The number of amides is 1. The highest BCUT2D eigenvalue weighted by Crippen LogP contribution is 2.52. The van der Waals surface area contributed by atoms with Gasteiger partial charge >= 0.3 is 0 Å². The average Bonchev–Trinajstić information content (AvgIpc) is 3.38. The van der Waals surface area contributed by atoms with E-state index in [-0.39, 0.29) is 17.9 Å². The van der Waals surface area contributed by atoms with E-state index in [4.69, 9.17) is 23.2 Å². The summed E-state index contributed by atoms with van der Waals surface area (Å²) in [4.78, 5) is 27.3. The maximum atomic E-state index is 14.6. The third-order valence-electron chi connectivity index (χ3n) is 9.41. The molecular weight excluding hydrogens is 627 g/mol. The first kappa shape index (κ1) is 29.8. The molecule has 3 aromatic carbocycles. The number of aromatic amines is 1. The van der Waals surface area contributed by atoms with Crippen LogP contribution in [0.1, 0.15) is 52.1 Å². The number of carbonyl (C=O) groups excluding carboxylic acids is 1. The molecule has 9 heteroatoms. The van der Waals surface area contributed by atoms with E-state index >= 15 is 0 Å². The van der Waals surface area contributed by atoms with Gasteiger partial charge in [-0.25, -0.2) is 4.98 Å². The van der Waals surface area contributed by atoms with Crippen LogP contribution in [0.4, 0.5) is 11.5 Å². The third-order valence-corrected chi connectivity index (χ3v) is 9.88. The third kappa shape index (κ3) is 5.28. The molecule has 2 atom stereocenters. The molecule has 2 unspecified atom stereocenters. The minimum atomic E-state index is -0.228. The van der Waals surface area contributed by atoms with Gasteiger partial charge < -0.3 is 25.4 Å². The van der Waals surface area contributed by atoms with Crippen LogP contribution in [0, 0.1) is 5.92 Å². The van der Waals surface area contributed by atoms with Gasteiger partial charge in [0.15, 0.2) is 5.82 Å². The average molecular weight is 662 g/mol. The Morgan fingerprint density at radius 3 is 2.53 bits per heavy atom. The van der Waals surface area contributed by atoms with Crippen molar-refractivity contribution in [3.05, 3.63) is 135 Å². The summed E-state index contributed by atoms with van der Waals surface area (Å²) in [6.45, 7) is 5.63. The van der Waals surface area contributed by atoms with Gasteiger partial charge in [0, 0.05) is 65.1 Å². The fraction of sp³-hybridized carbons (Fsp3) is 0.211. The SMILES string of the molecule is CC1CC=CN2C(=C1c1ccccc1)c1c(C(=O)Nc3cccnc3N3CCNCC3)[nH]c3cc(Cl)cc(c13)C2c1ccc(Cl)cc1. The fourth-order valence-electron chi connectivity index (χ4n) is 7.35. The molecule has 1 amide bonds. The number of anilines is 2. The topological polar surface area (TPSA) is 76.3 Å². The summed E-state index contributed by atoms with van der Waals surface area (Å²) in [5, 5.41) is 8.91. The molecule has 0 radical (unpaired) electrons. The first-order valence-corrected chi connectivity index (χ1v) is 16.8. The summed E-state index contributed by atoms with van der Waals surface area (Å²) < 4.78 is 0. The van der Waals surface area contributed by atoms with Crippen LogP contribution in [0.5, 0.6) is 0 Å². The Balaban J connectivity index is 1.38. The Bertz CT molecular complexity index is 2050. The van der Waals surface area contributed by atoms with Crippen LogP contribution in [-0.4, -0.2) is 47.0 Å². The van der Waals surface area contributed by atoms with Crippen molar-refractivity contribution in [3.8, 4) is 0 Å². The van der Waals surface area contributed by atoms with E-state index in [1.165, 1.54) is 5.57 Å². The Labute approximate surface area is 283 Å². The van der Waals surface area contributed by atoms with E-state index in [0.29, 0.717) is 21.4 Å². The lowest BCUT2D eigenvalue weighted by Crippen LogP contribution is -2.44. The standard InChI is InChI=1S/C38H34Cl2N6O/c1-23-7-6-18-46-35(25-11-13-26(39)14-12-25)28-21-27(40)22-30-32(28)33(36(46)31(23)24-8-3-2-4-9-24)34(43-30)38(47)44-29-10-5-15-42-37(29)45-19-16-41-17-20-45/h2-6,8-15,18,21-23,35,41,43H,7,16-17,19-20H2,1H3,(H,44,47). The molecule has 7 nitrogen and oxygen atoms in total. The number of fused-ring (bicyclic) bond motifs is 2. The van der Waals surface area contributed by atoms with Gasteiger partial charge in [0.2, 0.25) is 0 Å². The van der Waals surface area contributed by atoms with Crippen molar-refractivity contribution < 1.29 is 4.79 Å². The summed E-state index contributed by atoms with van der Waals surface area (Å²) in [5.74, 6) is 0.732. The van der Waals surface area contributed by atoms with Gasteiger partial charge in [-0.2, -0.15) is 0 Å². The van der Waals surface area contributed by atoms with Crippen molar-refractivity contribution in [2.24, 2.45) is 5.92 Å². The highest BCUT2D eigenvalue weighted by Gasteiger charge is 2.39. The lowest BCUT2D eigenvalue weighted by molar-refractivity contribution is 0.102. The van der Waals surface area contributed by atoms with Crippen LogP contribution < -0.4 is 15.5 Å². The highest BCUT2D eigenvalue weighted by atomic mass is 35.5. The van der Waals surface area contributed by atoms with Crippen molar-refractivity contribution >= 4 is 62.8 Å². The quantitative estimate of drug-likeness (QED) is 0.177. The van der Waals surface area contributed by atoms with Gasteiger partial charge in [-0.1, -0.05) is 78.7 Å². The second kappa shape index (κ2) is 12.2. The molecule has 0 spiro atoms. The van der Waals surface area contributed by atoms with E-state index in [2.05, 4.69) is 86.0 Å². The monoisotopic (exact) mass is 660 g/mol. The smallest absolute Gasteiger partial charge is 0.272 e. The van der Waals surface area contributed by atoms with Crippen LogP contribution in [-0.2, 0) is 0 Å². The molecule has 47 heavy (non-hydrogen) atoms. The van der Waals surface area contributed by atoms with Gasteiger partial charge in [-0.05, 0) is 71.0 Å². The number of pyridine rings is 1. The summed E-state index contributed by atoms with van der Waals surface area (Å²) in [6.07, 6.45) is 7.04. The van der Waals surface area contributed by atoms with Gasteiger partial charge in [0.1, 0.15) is 5.69 Å². The number of H-pyrrole nitrogens is 1. The van der Waals surface area contributed by atoms with E-state index in [1.54, 1.807) is 6.20 Å². The van der Waals surface area contributed by atoms with E-state index in [0.717, 1.165) is 77.3 Å². The van der Waals surface area contributed by atoms with Gasteiger partial charge in [-0.15, -0.1) is 0 Å². The molecule has 1 saturated heterocycles. The van der Waals surface area contributed by atoms with E-state index in [1.807, 2.05) is 42.5 Å². The molecule has 3 aliphatic heterocycles. The highest BCUT2D eigenvalue weighted by molar-refractivity contribution is 6.32. The van der Waals surface area contributed by atoms with Gasteiger partial charge in [0.25, 0.3) is 5.91 Å². The summed E-state index contributed by atoms with van der Waals surface area (Å²) in [7, 11) is 0. The zero-order chi connectivity index (χ0) is 32.1. The second-order valence-electron chi connectivity index (χ2n) is 12.4. The van der Waals surface area contributed by atoms with Crippen molar-refractivity contribution in [2.45, 2.75) is 19.4 Å². The fourth-order valence-corrected chi connectivity index (χ4v) is 7.71. The number of piperazine rings is 1. The number of nitrogens with zero attached hydrogens (tertiary/aromatic N) is 3. The first-order valence-electron chi connectivity index (χ1n) is 16.1. The minimum Gasteiger partial charge on any atom is -0.352 e. The predicted octanol–water partition coefficient (Wildman–Crippen LogP) is 8.36. The summed E-state index contributed by atoms with van der Waals surface area (Å²) in [5.41, 5.74) is 8.30. The number of allylic oxidation sites excluding steroid dienone is 2. The molecule has 5 aromatic rings. The minimum absolute atomic E-state index is 0.187. The molecule has 3 N–H and O–H groups in total. The van der Waals surface area contributed by atoms with Crippen LogP contribution in [0.3, 0.4) is 0 Å². The molecular formula is C38H34Cl2N6O. The van der Waals surface area contributed by atoms with Crippen LogP contribution in [0.2, 0.25) is 10.0 Å². The second-order valence-corrected chi connectivity index (χ2v) is 13.2. The summed E-state index contributed by atoms with van der Waals surface area (Å²) in [6, 6.07) is 26.1. The van der Waals surface area contributed by atoms with E-state index in [9.17, 15) is 4.79 Å². The van der Waals surface area contributed by atoms with Crippen LogP contribution in [0.15, 0.2) is 97.3 Å². The largest absolute Gasteiger partial charge is 0.352 e. The number of benzene rings is 3. The molecule has 0 bridgehead atoms. The Hall–Kier alpha value is -4.56. The number of halogens is 2. The molecule has 1 fully saturated rings. The van der Waals surface area contributed by atoms with Gasteiger partial charge in [-0.3, -0.25) is 4.79 Å². The number of carbonyl (C=O) groups is 1. The predicted molar refractivity (Wildman–Crippen MR) is 192 cm³/mol. The molecule has 2 aromatic heterocycles. The van der Waals surface area contributed by atoms with Crippen molar-refractivity contribution in [2.75, 3.05) is 36.4 Å². The number of hydrogen-bond donors (Lipinski definition) is 3. The molecule has 0 aliphatic carbocycles. The summed E-state index contributed by atoms with van der Waals surface area (Å²) >= 11 is 13.2. The van der Waals surface area contributed by atoms with Crippen molar-refractivity contribution in [1.82, 2.24) is 20.2 Å². The molecule has 3 aliphatic rings. The Morgan fingerprint density at radius 2 is 1.74 bits per heavy atom.